The number of hydrogen-bond donors (Lipinski definition) is 7. The van der Waals surface area contributed by atoms with Gasteiger partial charge in [-0.1, -0.05) is 0 Å². The molecule has 1 aromatic heterocycles. The molecule has 0 radical (unpaired) electrons. The topological polar surface area (TPSA) is 237 Å². The van der Waals surface area contributed by atoms with Gasteiger partial charge in [0.15, 0.2) is 18.9 Å². The van der Waals surface area contributed by atoms with Gasteiger partial charge in [-0.2, -0.15) is 0 Å². The Morgan fingerprint density at radius 3 is 1.76 bits per heavy atom. The minimum Gasteiger partial charge on any atom is -0.868 e. The summed E-state index contributed by atoms with van der Waals surface area (Å²) in [6, 6.07) is -3.60. The van der Waals surface area contributed by atoms with Crippen LogP contribution in [0.15, 0.2) is 12.4 Å². The quantitative estimate of drug-likeness (QED) is 0.135. The Morgan fingerprint density at radius 2 is 1.29 bits per heavy atom. The number of aliphatic carboxylic acids is 3. The molecule has 0 saturated heterocycles. The van der Waals surface area contributed by atoms with E-state index < -0.39 is 47.9 Å². The first-order valence-electron chi connectivity index (χ1n) is 9.27. The number of pyridine rings is 1. The zero-order valence-electron chi connectivity index (χ0n) is 17.9. The molecule has 0 amide bonds. The first-order valence-corrected chi connectivity index (χ1v) is 9.27. The molecule has 200 valence electrons. The Morgan fingerprint density at radius 1 is 0.824 bits per heavy atom. The Hall–Kier alpha value is -1.64. The molecule has 0 saturated carbocycles. The lowest BCUT2D eigenvalue weighted by atomic mass is 9.96. The molecule has 12 nitrogen and oxygen atoms in total. The molecule has 0 bridgehead atoms. The number of aryl methyl sites for hydroxylation is 1. The van der Waals surface area contributed by atoms with Crippen LogP contribution in [0.5, 0.6) is 5.75 Å². The number of carbonyl (C=O) groups is 3. The van der Waals surface area contributed by atoms with E-state index in [0.717, 1.165) is 0 Å². The number of carboxylic acids is 3. The minimum absolute atomic E-state index is 0. The molecule has 0 fully saturated rings. The Balaban J connectivity index is -0.00000112. The Kier molecular flexibility index (Phi) is 21.7. The van der Waals surface area contributed by atoms with Gasteiger partial charge in [0.1, 0.15) is 24.2 Å². The van der Waals surface area contributed by atoms with Crippen LogP contribution < -0.4 is 26.9 Å². The maximum Gasteiger partial charge on any atom is 0.320 e. The molecule has 4 atom stereocenters. The predicted molar refractivity (Wildman–Crippen MR) is 129 cm³/mol. The van der Waals surface area contributed by atoms with E-state index in [1.165, 1.54) is 17.0 Å². The van der Waals surface area contributed by atoms with Crippen molar-refractivity contribution in [3.8, 4) is 5.75 Å². The van der Waals surface area contributed by atoms with Gasteiger partial charge in [0.2, 0.25) is 0 Å². The third-order valence-electron chi connectivity index (χ3n) is 4.62. The number of nitrogens with two attached hydrogens (primary N) is 3. The van der Waals surface area contributed by atoms with E-state index in [9.17, 15) is 24.6 Å². The van der Waals surface area contributed by atoms with Crippen LogP contribution >= 0.6 is 49.6 Å². The monoisotopic (exact) mass is 572 g/mol. The van der Waals surface area contributed by atoms with Crippen molar-refractivity contribution in [1.82, 2.24) is 0 Å². The highest BCUT2D eigenvalue weighted by Crippen LogP contribution is 2.20. The molecule has 0 unspecified atom stereocenters. The summed E-state index contributed by atoms with van der Waals surface area (Å²) < 4.78 is 1.39. The van der Waals surface area contributed by atoms with Crippen molar-refractivity contribution in [1.29, 1.82) is 0 Å². The smallest absolute Gasteiger partial charge is 0.320 e. The molecule has 0 aliphatic heterocycles. The predicted octanol–water partition coefficient (Wildman–Crippen LogP) is -1.41. The van der Waals surface area contributed by atoms with Gasteiger partial charge < -0.3 is 42.7 Å². The molecular weight excluding hydrogens is 542 g/mol. The zero-order valence-corrected chi connectivity index (χ0v) is 21.2. The molecule has 0 aliphatic carbocycles. The van der Waals surface area contributed by atoms with Crippen LogP contribution in [0.4, 0.5) is 0 Å². The summed E-state index contributed by atoms with van der Waals surface area (Å²) in [6.07, 6.45) is 1.65. The summed E-state index contributed by atoms with van der Waals surface area (Å²) in [7, 11) is 0. The van der Waals surface area contributed by atoms with Gasteiger partial charge in [-0.05, 0) is 43.4 Å². The van der Waals surface area contributed by atoms with Crippen LogP contribution in [0, 0.1) is 0 Å². The van der Waals surface area contributed by atoms with Crippen molar-refractivity contribution in [3.63, 3.8) is 0 Å². The van der Waals surface area contributed by atoms with Crippen molar-refractivity contribution >= 4 is 67.5 Å². The van der Waals surface area contributed by atoms with Crippen LogP contribution in [-0.4, -0.2) is 62.6 Å². The van der Waals surface area contributed by atoms with E-state index >= 15 is 0 Å². The van der Waals surface area contributed by atoms with Gasteiger partial charge >= 0.3 is 17.9 Å². The van der Waals surface area contributed by atoms with Gasteiger partial charge in [-0.3, -0.25) is 14.4 Å². The lowest BCUT2D eigenvalue weighted by molar-refractivity contribution is -0.706. The highest BCUT2D eigenvalue weighted by atomic mass is 35.5. The SMILES string of the molecule is Cl.Cl.Cl.Cl.N[C@@H](CCc1c[n+](C[C@H](O)CC[C@H](N)C(=O)O)cc([O-])c1C[C@H](N)C(=O)O)C(=O)O. The number of carboxylic acid groups (broad SMARTS) is 3. The summed E-state index contributed by atoms with van der Waals surface area (Å²) in [4.78, 5) is 32.8. The fourth-order valence-corrected chi connectivity index (χ4v) is 2.83. The van der Waals surface area contributed by atoms with E-state index in [4.69, 9.17) is 32.5 Å². The van der Waals surface area contributed by atoms with Gasteiger partial charge in [0.25, 0.3) is 0 Å². The number of nitrogens with zero attached hydrogens (tertiary/aromatic N) is 1. The molecule has 1 heterocycles. The van der Waals surface area contributed by atoms with Crippen LogP contribution in [0.3, 0.4) is 0 Å². The minimum atomic E-state index is -1.32. The maximum atomic E-state index is 12.5. The van der Waals surface area contributed by atoms with E-state index in [0.29, 0.717) is 5.56 Å². The lowest BCUT2D eigenvalue weighted by Gasteiger charge is -2.19. The number of aliphatic hydroxyl groups is 1. The second-order valence-corrected chi connectivity index (χ2v) is 7.13. The number of aromatic nitrogens is 1. The van der Waals surface area contributed by atoms with Crippen LogP contribution in [0.1, 0.15) is 30.4 Å². The zero-order chi connectivity index (χ0) is 23.0. The normalized spacial score (nSPS) is 13.4. The van der Waals surface area contributed by atoms with Crippen molar-refractivity contribution in [2.75, 3.05) is 0 Å². The average Bonchev–Trinajstić information content (AvgIpc) is 2.65. The number of aliphatic hydroxyl groups excluding tert-OH is 1. The highest BCUT2D eigenvalue weighted by Gasteiger charge is 2.22. The molecule has 0 aliphatic rings. The number of halogens is 4. The van der Waals surface area contributed by atoms with E-state index in [1.54, 1.807) is 0 Å². The van der Waals surface area contributed by atoms with Crippen LogP contribution in [0.2, 0.25) is 0 Å². The van der Waals surface area contributed by atoms with E-state index in [1.807, 2.05) is 0 Å². The standard InChI is InChI=1S/C18H28N4O8.4ClH/c19-12(16(25)26)3-1-9-6-22(7-10(23)2-4-13(20)17(27)28)8-15(24)11(9)5-14(21)18(29)30;;;;/h6,8,10,12-14,23H,1-5,7,19-21H2,(H3-,24,25,26,27,28,29,30);4*1H/t10-,12+,13+,14+;;;;/m1..../s1. The van der Waals surface area contributed by atoms with Crippen LogP contribution in [-0.2, 0) is 33.8 Å². The second-order valence-electron chi connectivity index (χ2n) is 7.13. The van der Waals surface area contributed by atoms with Crippen molar-refractivity contribution in [2.45, 2.75) is 62.9 Å². The largest absolute Gasteiger partial charge is 0.868 e. The number of hydrogen-bond acceptors (Lipinski definition) is 8. The Labute approximate surface area is 221 Å². The van der Waals surface area contributed by atoms with E-state index in [2.05, 4.69) is 0 Å². The summed E-state index contributed by atoms with van der Waals surface area (Å²) in [5.74, 6) is -4.20. The van der Waals surface area contributed by atoms with Gasteiger partial charge in [-0.25, -0.2) is 4.57 Å². The summed E-state index contributed by atoms with van der Waals surface area (Å²) in [6.45, 7) is -0.0369. The van der Waals surface area contributed by atoms with Crippen LogP contribution in [0.25, 0.3) is 0 Å². The molecule has 1 aromatic rings. The first-order chi connectivity index (χ1) is 13.9. The summed E-state index contributed by atoms with van der Waals surface area (Å²) in [5, 5.41) is 49.4. The van der Waals surface area contributed by atoms with Crippen molar-refractivity contribution in [2.24, 2.45) is 17.2 Å². The van der Waals surface area contributed by atoms with Crippen molar-refractivity contribution in [3.05, 3.63) is 23.5 Å². The summed E-state index contributed by atoms with van der Waals surface area (Å²) >= 11 is 0. The maximum absolute atomic E-state index is 12.5. The fraction of sp³-hybridized carbons (Fsp3) is 0.556. The molecule has 34 heavy (non-hydrogen) atoms. The molecule has 1 rings (SSSR count). The average molecular weight is 574 g/mol. The van der Waals surface area contributed by atoms with Gasteiger partial charge in [0.05, 0.1) is 0 Å². The van der Waals surface area contributed by atoms with Gasteiger partial charge in [-0.15, -0.1) is 49.6 Å². The fourth-order valence-electron chi connectivity index (χ4n) is 2.83. The molecular formula is C18H32Cl4N4O8. The van der Waals surface area contributed by atoms with E-state index in [-0.39, 0.29) is 93.8 Å². The molecule has 0 spiro atoms. The third kappa shape index (κ3) is 13.3. The second kappa shape index (κ2) is 18.7. The highest BCUT2D eigenvalue weighted by molar-refractivity contribution is 5.86. The lowest BCUT2D eigenvalue weighted by Crippen LogP contribution is -2.42. The molecule has 10 N–H and O–H groups in total. The van der Waals surface area contributed by atoms with Crippen molar-refractivity contribution < 1.29 is 44.5 Å². The third-order valence-corrected chi connectivity index (χ3v) is 4.62. The Bertz CT molecular complexity index is 791. The molecule has 0 aromatic carbocycles. The first kappa shape index (κ1) is 39.6. The van der Waals surface area contributed by atoms with Gasteiger partial charge in [0, 0.05) is 5.56 Å². The molecule has 16 heteroatoms. The number of rotatable bonds is 13. The summed E-state index contributed by atoms with van der Waals surface area (Å²) in [5.41, 5.74) is 17.0.